The van der Waals surface area contributed by atoms with E-state index in [1.54, 1.807) is 23.3 Å². The number of para-hydroxylation sites is 1. The van der Waals surface area contributed by atoms with Crippen LogP contribution in [-0.4, -0.2) is 29.0 Å². The summed E-state index contributed by atoms with van der Waals surface area (Å²) in [6.07, 6.45) is 0.214. The van der Waals surface area contributed by atoms with Crippen molar-refractivity contribution >= 4 is 40.6 Å². The molecule has 1 N–H and O–H groups in total. The van der Waals surface area contributed by atoms with Gasteiger partial charge in [-0.15, -0.1) is 23.1 Å². The maximum atomic E-state index is 12.4. The highest BCUT2D eigenvalue weighted by molar-refractivity contribution is 8.01. The van der Waals surface area contributed by atoms with Gasteiger partial charge in [0.25, 0.3) is 0 Å². The van der Waals surface area contributed by atoms with Gasteiger partial charge in [0.2, 0.25) is 11.8 Å². The van der Waals surface area contributed by atoms with Crippen molar-refractivity contribution < 1.29 is 9.59 Å². The number of hydrogen-bond acceptors (Lipinski definition) is 4. The first-order valence-electron chi connectivity index (χ1n) is 7.38. The second-order valence-corrected chi connectivity index (χ2v) is 7.82. The first kappa shape index (κ1) is 16.1. The van der Waals surface area contributed by atoms with Gasteiger partial charge in [0.1, 0.15) is 0 Å². The van der Waals surface area contributed by atoms with Crippen LogP contribution in [-0.2, 0) is 16.1 Å². The van der Waals surface area contributed by atoms with Gasteiger partial charge in [0.15, 0.2) is 0 Å². The van der Waals surface area contributed by atoms with Crippen LogP contribution in [0.15, 0.2) is 40.6 Å². The lowest BCUT2D eigenvalue weighted by molar-refractivity contribution is -0.131. The third kappa shape index (κ3) is 3.59. The van der Waals surface area contributed by atoms with E-state index in [0.717, 1.165) is 10.6 Å². The van der Waals surface area contributed by atoms with Crippen LogP contribution in [0.25, 0.3) is 0 Å². The molecule has 0 saturated heterocycles. The fourth-order valence-electron chi connectivity index (χ4n) is 2.41. The number of fused-ring (bicyclic) bond motifs is 1. The number of nitrogens with zero attached hydrogens (tertiary/aromatic N) is 1. The Kier molecular flexibility index (Phi) is 4.73. The molecule has 0 aliphatic carbocycles. The van der Waals surface area contributed by atoms with Crippen molar-refractivity contribution in [3.8, 4) is 0 Å². The molecule has 120 valence electrons. The van der Waals surface area contributed by atoms with E-state index in [2.05, 4.69) is 11.4 Å². The summed E-state index contributed by atoms with van der Waals surface area (Å²) >= 11 is 3.12. The molecule has 1 atom stereocenters. The second kappa shape index (κ2) is 6.76. The zero-order valence-corrected chi connectivity index (χ0v) is 14.7. The summed E-state index contributed by atoms with van der Waals surface area (Å²) in [6.45, 7) is 2.64. The molecule has 1 aliphatic rings. The zero-order chi connectivity index (χ0) is 16.4. The lowest BCUT2D eigenvalue weighted by Crippen LogP contribution is -2.35. The summed E-state index contributed by atoms with van der Waals surface area (Å²) in [5.74, 6) is -0.104. The lowest BCUT2D eigenvalue weighted by Gasteiger charge is -2.25. The number of rotatable bonds is 4. The van der Waals surface area contributed by atoms with Gasteiger partial charge in [-0.05, 0) is 36.1 Å². The first-order chi connectivity index (χ1) is 11.0. The van der Waals surface area contributed by atoms with Crippen molar-refractivity contribution in [2.75, 3.05) is 12.4 Å². The van der Waals surface area contributed by atoms with Gasteiger partial charge in [-0.1, -0.05) is 12.1 Å². The van der Waals surface area contributed by atoms with E-state index in [-0.39, 0.29) is 23.5 Å². The quantitative estimate of drug-likeness (QED) is 0.921. The highest BCUT2D eigenvalue weighted by atomic mass is 32.2. The molecule has 0 bridgehead atoms. The molecule has 1 aliphatic heterocycles. The number of nitrogens with one attached hydrogen (secondary N) is 1. The van der Waals surface area contributed by atoms with Crippen LogP contribution in [0.5, 0.6) is 0 Å². The zero-order valence-electron chi connectivity index (χ0n) is 13.0. The fourth-order valence-corrected chi connectivity index (χ4v) is 4.47. The van der Waals surface area contributed by atoms with Gasteiger partial charge in [-0.2, -0.15) is 0 Å². The third-order valence-electron chi connectivity index (χ3n) is 3.84. The summed E-state index contributed by atoms with van der Waals surface area (Å²) in [4.78, 5) is 28.5. The third-order valence-corrected chi connectivity index (χ3v) is 6.12. The van der Waals surface area contributed by atoms with Crippen LogP contribution in [0.2, 0.25) is 0 Å². The van der Waals surface area contributed by atoms with Crippen molar-refractivity contribution in [3.05, 3.63) is 46.2 Å². The topological polar surface area (TPSA) is 49.4 Å². The molecule has 6 heteroatoms. The van der Waals surface area contributed by atoms with Gasteiger partial charge in [0.05, 0.1) is 17.5 Å². The highest BCUT2D eigenvalue weighted by Gasteiger charge is 2.29. The van der Waals surface area contributed by atoms with Crippen LogP contribution >= 0.6 is 23.1 Å². The van der Waals surface area contributed by atoms with E-state index in [4.69, 9.17) is 0 Å². The van der Waals surface area contributed by atoms with Gasteiger partial charge in [0, 0.05) is 23.2 Å². The monoisotopic (exact) mass is 346 g/mol. The number of aryl methyl sites for hydroxylation is 1. The minimum absolute atomic E-state index is 0.00942. The van der Waals surface area contributed by atoms with E-state index in [0.29, 0.717) is 6.54 Å². The average Bonchev–Trinajstić information content (AvgIpc) is 2.93. The number of amides is 2. The Labute approximate surface area is 143 Å². The Bertz CT molecular complexity index is 742. The van der Waals surface area contributed by atoms with E-state index in [9.17, 15) is 9.59 Å². The van der Waals surface area contributed by atoms with Crippen LogP contribution < -0.4 is 5.32 Å². The molecule has 1 unspecified atom stereocenters. The summed E-state index contributed by atoms with van der Waals surface area (Å²) in [6, 6.07) is 9.73. The molecule has 0 spiro atoms. The lowest BCUT2D eigenvalue weighted by atomic mass is 10.2. The highest BCUT2D eigenvalue weighted by Crippen LogP contribution is 2.36. The number of carbonyl (C=O) groups is 2. The molecule has 4 nitrogen and oxygen atoms in total. The van der Waals surface area contributed by atoms with E-state index in [1.807, 2.05) is 36.6 Å². The number of carbonyl (C=O) groups excluding carboxylic acids is 2. The molecule has 2 aromatic rings. The molecule has 0 radical (unpaired) electrons. The van der Waals surface area contributed by atoms with Crippen LogP contribution in [0, 0.1) is 6.92 Å². The van der Waals surface area contributed by atoms with Gasteiger partial charge < -0.3 is 10.2 Å². The second-order valence-electron chi connectivity index (χ2n) is 5.57. The van der Waals surface area contributed by atoms with Crippen LogP contribution in [0.4, 0.5) is 5.69 Å². The maximum Gasteiger partial charge on any atom is 0.238 e. The van der Waals surface area contributed by atoms with Crippen molar-refractivity contribution in [1.29, 1.82) is 0 Å². The number of thiophene rings is 1. The van der Waals surface area contributed by atoms with Gasteiger partial charge in [-0.3, -0.25) is 9.59 Å². The Morgan fingerprint density at radius 2 is 2.09 bits per heavy atom. The Morgan fingerprint density at radius 1 is 1.30 bits per heavy atom. The van der Waals surface area contributed by atoms with Gasteiger partial charge >= 0.3 is 0 Å². The average molecular weight is 346 g/mol. The molecule has 2 amide bonds. The molecule has 0 saturated carbocycles. The summed E-state index contributed by atoms with van der Waals surface area (Å²) < 4.78 is 0. The minimum Gasteiger partial charge on any atom is -0.341 e. The Balaban J connectivity index is 1.64. The SMILES string of the molecule is Cc1ccsc1CN(C)C(=O)CC1Sc2ccccc2NC1=O. The largest absolute Gasteiger partial charge is 0.341 e. The van der Waals surface area contributed by atoms with E-state index >= 15 is 0 Å². The van der Waals surface area contributed by atoms with Crippen LogP contribution in [0.3, 0.4) is 0 Å². The summed E-state index contributed by atoms with van der Waals surface area (Å²) in [7, 11) is 1.79. The molecule has 3 rings (SSSR count). The van der Waals surface area contributed by atoms with Gasteiger partial charge in [-0.25, -0.2) is 0 Å². The number of hydrogen-bond donors (Lipinski definition) is 1. The van der Waals surface area contributed by atoms with Crippen molar-refractivity contribution in [2.24, 2.45) is 0 Å². The smallest absolute Gasteiger partial charge is 0.238 e. The van der Waals surface area contributed by atoms with Crippen molar-refractivity contribution in [2.45, 2.75) is 30.0 Å². The number of thioether (sulfide) groups is 1. The molecular formula is C17H18N2O2S2. The predicted molar refractivity (Wildman–Crippen MR) is 94.9 cm³/mol. The van der Waals surface area contributed by atoms with E-state index < -0.39 is 0 Å². The van der Waals surface area contributed by atoms with Crippen molar-refractivity contribution in [3.63, 3.8) is 0 Å². The molecular weight excluding hydrogens is 328 g/mol. The molecule has 1 aromatic heterocycles. The first-order valence-corrected chi connectivity index (χ1v) is 9.14. The summed E-state index contributed by atoms with van der Waals surface area (Å²) in [5.41, 5.74) is 2.03. The number of benzene rings is 1. The molecule has 23 heavy (non-hydrogen) atoms. The standard InChI is InChI=1S/C17H18N2O2S2/c1-11-7-8-22-15(11)10-19(2)16(20)9-14-17(21)18-12-5-3-4-6-13(12)23-14/h3-8,14H,9-10H2,1-2H3,(H,18,21). The Hall–Kier alpha value is -1.79. The van der Waals surface area contributed by atoms with E-state index in [1.165, 1.54) is 22.2 Å². The van der Waals surface area contributed by atoms with Crippen LogP contribution in [0.1, 0.15) is 16.9 Å². The number of anilines is 1. The molecule has 0 fully saturated rings. The maximum absolute atomic E-state index is 12.4. The minimum atomic E-state index is -0.371. The summed E-state index contributed by atoms with van der Waals surface area (Å²) in [5, 5.41) is 4.54. The molecule has 2 heterocycles. The molecule has 1 aromatic carbocycles. The fraction of sp³-hybridized carbons (Fsp3) is 0.294. The predicted octanol–water partition coefficient (Wildman–Crippen LogP) is 3.52. The normalized spacial score (nSPS) is 16.6. The Morgan fingerprint density at radius 3 is 2.83 bits per heavy atom. The van der Waals surface area contributed by atoms with Crippen molar-refractivity contribution in [1.82, 2.24) is 4.90 Å².